The van der Waals surface area contributed by atoms with E-state index in [1.165, 1.54) is 17.9 Å². The normalized spacial score (nSPS) is 15.8. The molecule has 0 bridgehead atoms. The highest BCUT2D eigenvalue weighted by atomic mass is 35.5. The number of nitriles is 1. The van der Waals surface area contributed by atoms with E-state index >= 15 is 0 Å². The average molecular weight is 698 g/mol. The number of aromatic nitrogens is 3. The van der Waals surface area contributed by atoms with Crippen LogP contribution in [0.15, 0.2) is 21.4 Å². The van der Waals surface area contributed by atoms with E-state index < -0.39 is 56.1 Å². The highest BCUT2D eigenvalue weighted by molar-refractivity contribution is 7.89. The molecule has 1 aliphatic heterocycles. The Morgan fingerprint density at radius 1 is 1.23 bits per heavy atom. The van der Waals surface area contributed by atoms with Crippen LogP contribution in [-0.2, 0) is 16.4 Å². The standard InChI is InChI=1S/C26H26Cl2F4N6O4S2/c1-4-16(26(30,31)32)37-44(40,41)15-6-5-14(18(27)19(15)28)21-20(24(39)38-9-7-13(29)8-10-38)34-23(43-21)22-36-35-17(42-22)11-25(2,3)12-33/h5-6,13,16,37H,4,7-11H2,1-3H3. The highest BCUT2D eigenvalue weighted by Gasteiger charge is 2.41. The molecule has 238 valence electrons. The molecule has 4 rings (SSSR count). The zero-order valence-corrected chi connectivity index (χ0v) is 26.7. The molecule has 18 heteroatoms. The number of sulfonamides is 1. The Labute approximate surface area is 264 Å². The predicted octanol–water partition coefficient (Wildman–Crippen LogP) is 6.45. The van der Waals surface area contributed by atoms with Gasteiger partial charge in [-0.15, -0.1) is 21.5 Å². The lowest BCUT2D eigenvalue weighted by Gasteiger charge is -2.28. The summed E-state index contributed by atoms with van der Waals surface area (Å²) in [5, 5.41) is 16.4. The molecule has 1 atom stereocenters. The Morgan fingerprint density at radius 3 is 2.48 bits per heavy atom. The third kappa shape index (κ3) is 7.34. The number of hydrogen-bond donors (Lipinski definition) is 1. The fourth-order valence-corrected chi connectivity index (χ4v) is 7.55. The molecule has 44 heavy (non-hydrogen) atoms. The zero-order valence-electron chi connectivity index (χ0n) is 23.5. The maximum Gasteiger partial charge on any atom is 0.404 e. The van der Waals surface area contributed by atoms with Gasteiger partial charge in [0.2, 0.25) is 15.9 Å². The second-order valence-electron chi connectivity index (χ2n) is 10.7. The maximum atomic E-state index is 13.8. The van der Waals surface area contributed by atoms with Crippen LogP contribution in [0.2, 0.25) is 10.0 Å². The van der Waals surface area contributed by atoms with E-state index in [1.807, 2.05) is 0 Å². The molecule has 1 unspecified atom stereocenters. The van der Waals surface area contributed by atoms with Crippen molar-refractivity contribution in [3.05, 3.63) is 33.8 Å². The van der Waals surface area contributed by atoms with Crippen LogP contribution in [0, 0.1) is 16.7 Å². The quantitative estimate of drug-likeness (QED) is 0.252. The lowest BCUT2D eigenvalue weighted by atomic mass is 9.92. The van der Waals surface area contributed by atoms with E-state index in [0.29, 0.717) is 0 Å². The molecule has 0 spiro atoms. The van der Waals surface area contributed by atoms with Gasteiger partial charge >= 0.3 is 6.18 Å². The molecule has 1 aliphatic rings. The van der Waals surface area contributed by atoms with Crippen molar-refractivity contribution >= 4 is 50.5 Å². The number of nitrogens with one attached hydrogen (secondary N) is 1. The maximum absolute atomic E-state index is 13.8. The number of nitrogens with zero attached hydrogens (tertiary/aromatic N) is 5. The largest absolute Gasteiger partial charge is 0.419 e. The van der Waals surface area contributed by atoms with Crippen LogP contribution in [0.4, 0.5) is 17.6 Å². The Kier molecular flexibility index (Phi) is 9.96. The van der Waals surface area contributed by atoms with Crippen molar-refractivity contribution in [2.75, 3.05) is 13.1 Å². The molecule has 3 heterocycles. The van der Waals surface area contributed by atoms with Crippen molar-refractivity contribution in [2.45, 2.75) is 69.7 Å². The second-order valence-corrected chi connectivity index (χ2v) is 14.1. The van der Waals surface area contributed by atoms with Gasteiger partial charge in [0, 0.05) is 25.1 Å². The molecule has 0 aliphatic carbocycles. The van der Waals surface area contributed by atoms with Crippen molar-refractivity contribution < 1.29 is 35.2 Å². The number of carbonyl (C=O) groups excluding carboxylic acids is 1. The van der Waals surface area contributed by atoms with E-state index in [0.717, 1.165) is 17.4 Å². The van der Waals surface area contributed by atoms with Gasteiger partial charge in [-0.3, -0.25) is 4.79 Å². The number of likely N-dealkylation sites (tertiary alicyclic amines) is 1. The summed E-state index contributed by atoms with van der Waals surface area (Å²) < 4.78 is 86.7. The first-order valence-corrected chi connectivity index (χ1v) is 16.3. The minimum absolute atomic E-state index is 0.0649. The first-order valence-electron chi connectivity index (χ1n) is 13.2. The number of alkyl halides is 4. The summed E-state index contributed by atoms with van der Waals surface area (Å²) in [6.07, 6.45) is -6.07. The van der Waals surface area contributed by atoms with Crippen molar-refractivity contribution in [3.63, 3.8) is 0 Å². The molecule has 0 saturated carbocycles. The van der Waals surface area contributed by atoms with Gasteiger partial charge < -0.3 is 9.32 Å². The van der Waals surface area contributed by atoms with Crippen molar-refractivity contribution in [2.24, 2.45) is 5.41 Å². The number of thiazole rings is 1. The smallest absolute Gasteiger partial charge is 0.404 e. The Bertz CT molecular complexity index is 1700. The Hall–Kier alpha value is -2.84. The number of hydrogen-bond acceptors (Lipinski definition) is 9. The predicted molar refractivity (Wildman–Crippen MR) is 154 cm³/mol. The van der Waals surface area contributed by atoms with Crippen molar-refractivity contribution in [1.29, 1.82) is 5.26 Å². The van der Waals surface area contributed by atoms with Crippen LogP contribution < -0.4 is 4.72 Å². The van der Waals surface area contributed by atoms with Crippen LogP contribution in [0.25, 0.3) is 21.3 Å². The van der Waals surface area contributed by atoms with E-state index in [4.69, 9.17) is 27.6 Å². The van der Waals surface area contributed by atoms with Crippen LogP contribution >= 0.6 is 34.5 Å². The summed E-state index contributed by atoms with van der Waals surface area (Å²) in [4.78, 5) is 18.9. The molecule has 2 aromatic heterocycles. The van der Waals surface area contributed by atoms with Gasteiger partial charge in [0.05, 0.1) is 26.4 Å². The molecular weight excluding hydrogens is 671 g/mol. The average Bonchev–Trinajstić information content (AvgIpc) is 3.59. The molecule has 1 aromatic carbocycles. The Morgan fingerprint density at radius 2 is 1.89 bits per heavy atom. The molecule has 1 saturated heterocycles. The third-order valence-electron chi connectivity index (χ3n) is 6.77. The first kappa shape index (κ1) is 34.0. The van der Waals surface area contributed by atoms with E-state index in [-0.39, 0.29) is 70.3 Å². The lowest BCUT2D eigenvalue weighted by Crippen LogP contribution is -2.44. The lowest BCUT2D eigenvalue weighted by molar-refractivity contribution is -0.151. The minimum Gasteiger partial charge on any atom is -0.419 e. The van der Waals surface area contributed by atoms with E-state index in [2.05, 4.69) is 21.3 Å². The number of benzene rings is 1. The molecule has 3 aromatic rings. The summed E-state index contributed by atoms with van der Waals surface area (Å²) in [7, 11) is -4.77. The summed E-state index contributed by atoms with van der Waals surface area (Å²) in [5.74, 6) is -0.486. The van der Waals surface area contributed by atoms with Gasteiger partial charge in [0.1, 0.15) is 22.8 Å². The molecular formula is C26H26Cl2F4N6O4S2. The topological polar surface area (TPSA) is 142 Å². The highest BCUT2D eigenvalue weighted by Crippen LogP contribution is 2.44. The summed E-state index contributed by atoms with van der Waals surface area (Å²) in [5.41, 5.74) is -0.870. The second kappa shape index (κ2) is 12.9. The summed E-state index contributed by atoms with van der Waals surface area (Å²) in [6, 6.07) is 1.95. The van der Waals surface area contributed by atoms with Gasteiger partial charge in [-0.1, -0.05) is 36.2 Å². The number of carbonyl (C=O) groups is 1. The Balaban J connectivity index is 1.78. The van der Waals surface area contributed by atoms with E-state index in [1.54, 1.807) is 18.6 Å². The SMILES string of the molecule is CCC(NS(=O)(=O)c1ccc(-c2sc(-c3nnc(CC(C)(C)C#N)o3)nc2C(=O)N2CCC(F)CC2)c(Cl)c1Cl)C(F)(F)F. The minimum atomic E-state index is -4.85. The molecule has 0 radical (unpaired) electrons. The molecule has 1 amide bonds. The van der Waals surface area contributed by atoms with Crippen molar-refractivity contribution in [1.82, 2.24) is 24.8 Å². The summed E-state index contributed by atoms with van der Waals surface area (Å²) >= 11 is 13.7. The number of rotatable bonds is 9. The fraction of sp³-hybridized carbons (Fsp3) is 0.500. The summed E-state index contributed by atoms with van der Waals surface area (Å²) in [6.45, 7) is 4.79. The van der Waals surface area contributed by atoms with Gasteiger partial charge in [0.25, 0.3) is 11.8 Å². The van der Waals surface area contributed by atoms with Gasteiger partial charge in [0.15, 0.2) is 5.01 Å². The van der Waals surface area contributed by atoms with Crippen LogP contribution in [0.3, 0.4) is 0 Å². The fourth-order valence-electron chi connectivity index (χ4n) is 4.32. The number of piperidine rings is 1. The van der Waals surface area contributed by atoms with Crippen LogP contribution in [0.5, 0.6) is 0 Å². The van der Waals surface area contributed by atoms with Gasteiger partial charge in [-0.25, -0.2) is 17.8 Å². The third-order valence-corrected chi connectivity index (χ3v) is 10.4. The molecule has 1 fully saturated rings. The molecule has 1 N–H and O–H groups in total. The monoisotopic (exact) mass is 696 g/mol. The van der Waals surface area contributed by atoms with Crippen LogP contribution in [-0.4, -0.2) is 65.9 Å². The van der Waals surface area contributed by atoms with Crippen molar-refractivity contribution in [3.8, 4) is 27.4 Å². The zero-order chi connectivity index (χ0) is 32.6. The van der Waals surface area contributed by atoms with Gasteiger partial charge in [-0.2, -0.15) is 23.2 Å². The number of amides is 1. The number of halogens is 6. The van der Waals surface area contributed by atoms with E-state index in [9.17, 15) is 36.0 Å². The van der Waals surface area contributed by atoms with Gasteiger partial charge in [-0.05, 0) is 39.2 Å². The molecule has 10 nitrogen and oxygen atoms in total. The first-order chi connectivity index (χ1) is 20.5. The van der Waals surface area contributed by atoms with Crippen LogP contribution in [0.1, 0.15) is 56.4 Å².